The molecule has 0 aromatic heterocycles. The largest absolute Gasteiger partial charge is 0.726 e. The molecule has 0 bridgehead atoms. The Bertz CT molecular complexity index is 343. The lowest BCUT2D eigenvalue weighted by Crippen LogP contribution is -2.32. The summed E-state index contributed by atoms with van der Waals surface area (Å²) in [6.45, 7) is 5.76. The van der Waals surface area contributed by atoms with Crippen LogP contribution in [0.5, 0.6) is 0 Å². The van der Waals surface area contributed by atoms with E-state index in [9.17, 15) is 13.0 Å². The molecule has 0 amide bonds. The molecule has 0 aromatic carbocycles. The summed E-state index contributed by atoms with van der Waals surface area (Å²) >= 11 is 0. The van der Waals surface area contributed by atoms with Crippen LogP contribution >= 0.6 is 0 Å². The van der Waals surface area contributed by atoms with Gasteiger partial charge in [0.25, 0.3) is 0 Å². The van der Waals surface area contributed by atoms with Gasteiger partial charge >= 0.3 is 0 Å². The minimum atomic E-state index is -4.41. The fourth-order valence-electron chi connectivity index (χ4n) is 1.72. The van der Waals surface area contributed by atoms with Crippen LogP contribution in [0, 0.1) is 0 Å². The summed E-state index contributed by atoms with van der Waals surface area (Å²) in [5.74, 6) is 1.50. The molecule has 1 aliphatic rings. The predicted molar refractivity (Wildman–Crippen MR) is 64.9 cm³/mol. The van der Waals surface area contributed by atoms with Gasteiger partial charge in [0.1, 0.15) is 0 Å². The number of amidine groups is 1. The minimum Gasteiger partial charge on any atom is -0.726 e. The fourth-order valence-corrected chi connectivity index (χ4v) is 1.72. The molecule has 0 spiro atoms. The maximum absolute atomic E-state index is 9.22. The Labute approximate surface area is 104 Å². The lowest BCUT2D eigenvalue weighted by molar-refractivity contribution is -0.555. The maximum atomic E-state index is 9.22. The summed E-state index contributed by atoms with van der Waals surface area (Å²) in [5, 5.41) is 0. The molecule has 0 saturated heterocycles. The van der Waals surface area contributed by atoms with Crippen molar-refractivity contribution in [3.63, 3.8) is 0 Å². The van der Waals surface area contributed by atoms with E-state index in [1.54, 1.807) is 0 Å². The van der Waals surface area contributed by atoms with E-state index < -0.39 is 10.4 Å². The molecule has 1 heterocycles. The van der Waals surface area contributed by atoms with E-state index in [2.05, 4.69) is 41.6 Å². The van der Waals surface area contributed by atoms with Gasteiger partial charge < -0.3 is 4.55 Å². The quantitative estimate of drug-likeness (QED) is 0.407. The van der Waals surface area contributed by atoms with Gasteiger partial charge in [-0.2, -0.15) is 0 Å². The Morgan fingerprint density at radius 1 is 1.41 bits per heavy atom. The van der Waals surface area contributed by atoms with Crippen molar-refractivity contribution < 1.29 is 21.7 Å². The highest BCUT2D eigenvalue weighted by molar-refractivity contribution is 7.80. The highest BCUT2D eigenvalue weighted by Gasteiger charge is 2.23. The zero-order valence-corrected chi connectivity index (χ0v) is 12.0. The van der Waals surface area contributed by atoms with Crippen LogP contribution in [0.15, 0.2) is 0 Å². The first-order valence-corrected chi connectivity index (χ1v) is 6.83. The van der Waals surface area contributed by atoms with E-state index in [1.807, 2.05) is 0 Å². The molecular formula is C10H22N2O4S. The van der Waals surface area contributed by atoms with Gasteiger partial charge in [0, 0.05) is 0 Å². The first-order valence-electron chi connectivity index (χ1n) is 5.50. The van der Waals surface area contributed by atoms with Gasteiger partial charge in [0.2, 0.25) is 16.2 Å². The number of hydrogen-bond acceptors (Lipinski definition) is 5. The zero-order chi connectivity index (χ0) is 13.6. The van der Waals surface area contributed by atoms with Crippen molar-refractivity contribution in [3.05, 3.63) is 0 Å². The van der Waals surface area contributed by atoms with Crippen molar-refractivity contribution in [1.82, 2.24) is 4.90 Å². The van der Waals surface area contributed by atoms with Crippen molar-refractivity contribution in [2.24, 2.45) is 0 Å². The highest BCUT2D eigenvalue weighted by atomic mass is 32.3. The van der Waals surface area contributed by atoms with Gasteiger partial charge in [-0.05, 0) is 20.3 Å². The third kappa shape index (κ3) is 6.60. The first kappa shape index (κ1) is 16.3. The van der Waals surface area contributed by atoms with Gasteiger partial charge in [0.15, 0.2) is 0 Å². The molecule has 102 valence electrons. The van der Waals surface area contributed by atoms with Crippen LogP contribution < -0.4 is 0 Å². The summed E-state index contributed by atoms with van der Waals surface area (Å²) in [4.78, 5) is 2.24. The smallest absolute Gasteiger partial charge is 0.246 e. The van der Waals surface area contributed by atoms with Crippen LogP contribution in [0.1, 0.15) is 26.7 Å². The maximum Gasteiger partial charge on any atom is 0.246 e. The molecule has 1 rings (SSSR count). The Morgan fingerprint density at radius 2 is 1.88 bits per heavy atom. The Balaban J connectivity index is 0.000000366. The summed E-state index contributed by atoms with van der Waals surface area (Å²) in [7, 11) is 0.666. The molecule has 7 heteroatoms. The normalized spacial score (nSPS) is 15.9. The zero-order valence-electron chi connectivity index (χ0n) is 11.1. The second-order valence-corrected chi connectivity index (χ2v) is 5.43. The van der Waals surface area contributed by atoms with Crippen LogP contribution in [0.25, 0.3) is 0 Å². The third-order valence-corrected chi connectivity index (χ3v) is 2.88. The molecule has 17 heavy (non-hydrogen) atoms. The first-order chi connectivity index (χ1) is 7.69. The monoisotopic (exact) mass is 266 g/mol. The Kier molecular flexibility index (Phi) is 6.66. The standard InChI is InChI=1S/C9H19N2.CH4O4S/c1-8(2)11-7-5-6-9(11)10(3)4;1-5-6(2,3)4/h8H,5-7H2,1-4H3;1H3,(H,2,3,4)/q+1;/p-1. The van der Waals surface area contributed by atoms with Crippen molar-refractivity contribution in [2.45, 2.75) is 32.7 Å². The molecule has 0 unspecified atom stereocenters. The van der Waals surface area contributed by atoms with Gasteiger partial charge in [-0.1, -0.05) is 0 Å². The van der Waals surface area contributed by atoms with Crippen LogP contribution in [-0.2, 0) is 14.6 Å². The van der Waals surface area contributed by atoms with Crippen molar-refractivity contribution >= 4 is 16.2 Å². The number of hydrogen-bond donors (Lipinski definition) is 0. The predicted octanol–water partition coefficient (Wildman–Crippen LogP) is 0.254. The Hall–Kier alpha value is -0.660. The molecular weight excluding hydrogens is 244 g/mol. The Morgan fingerprint density at radius 3 is 2.12 bits per heavy atom. The van der Waals surface area contributed by atoms with Crippen LogP contribution in [0.4, 0.5) is 0 Å². The van der Waals surface area contributed by atoms with Gasteiger partial charge in [-0.25, -0.2) is 8.42 Å². The van der Waals surface area contributed by atoms with E-state index in [0.29, 0.717) is 6.04 Å². The number of nitrogens with zero attached hydrogens (tertiary/aromatic N) is 2. The average molecular weight is 266 g/mol. The lowest BCUT2D eigenvalue weighted by atomic mass is 10.3. The summed E-state index contributed by atoms with van der Waals surface area (Å²) in [6, 6.07) is 0.662. The van der Waals surface area contributed by atoms with Gasteiger partial charge in [0.05, 0.1) is 40.2 Å². The van der Waals surface area contributed by atoms with E-state index in [-0.39, 0.29) is 0 Å². The van der Waals surface area contributed by atoms with Crippen LogP contribution in [0.2, 0.25) is 0 Å². The minimum absolute atomic E-state index is 0.662. The summed E-state index contributed by atoms with van der Waals surface area (Å²) in [6.07, 6.45) is 2.58. The van der Waals surface area contributed by atoms with Gasteiger partial charge in [-0.3, -0.25) is 13.7 Å². The SMILES string of the molecule is CC(C)[N+]1=C(N(C)C)CCC1.COS(=O)(=O)[O-]. The fraction of sp³-hybridized carbons (Fsp3) is 0.900. The van der Waals surface area contributed by atoms with Crippen LogP contribution in [-0.4, -0.2) is 62.1 Å². The number of rotatable bonds is 2. The molecule has 0 radical (unpaired) electrons. The molecule has 0 aromatic rings. The van der Waals surface area contributed by atoms with Crippen LogP contribution in [0.3, 0.4) is 0 Å². The average Bonchev–Trinajstić information content (AvgIpc) is 2.65. The second kappa shape index (κ2) is 6.93. The van der Waals surface area contributed by atoms with E-state index in [1.165, 1.54) is 25.2 Å². The molecule has 1 aliphatic heterocycles. The summed E-state index contributed by atoms with van der Waals surface area (Å²) < 4.78 is 33.5. The topological polar surface area (TPSA) is 72.7 Å². The molecule has 0 saturated carbocycles. The highest BCUT2D eigenvalue weighted by Crippen LogP contribution is 2.08. The third-order valence-electron chi connectivity index (χ3n) is 2.47. The van der Waals surface area contributed by atoms with E-state index >= 15 is 0 Å². The lowest BCUT2D eigenvalue weighted by Gasteiger charge is -2.12. The van der Waals surface area contributed by atoms with E-state index in [4.69, 9.17) is 0 Å². The van der Waals surface area contributed by atoms with E-state index in [0.717, 1.165) is 7.11 Å². The van der Waals surface area contributed by atoms with Crippen molar-refractivity contribution in [1.29, 1.82) is 0 Å². The molecule has 0 fully saturated rings. The van der Waals surface area contributed by atoms with Gasteiger partial charge in [-0.15, -0.1) is 0 Å². The molecule has 0 aliphatic carbocycles. The second-order valence-electron chi connectivity index (χ2n) is 4.28. The molecule has 0 N–H and O–H groups in total. The van der Waals surface area contributed by atoms with Crippen molar-refractivity contribution in [2.75, 3.05) is 27.7 Å². The molecule has 0 atom stereocenters. The summed E-state index contributed by atoms with van der Waals surface area (Å²) in [5.41, 5.74) is 0. The molecule has 6 nitrogen and oxygen atoms in total. The van der Waals surface area contributed by atoms with Crippen molar-refractivity contribution in [3.8, 4) is 0 Å².